The van der Waals surface area contributed by atoms with E-state index < -0.39 is 33.9 Å². The van der Waals surface area contributed by atoms with Crippen molar-refractivity contribution >= 4 is 23.6 Å². The lowest BCUT2D eigenvalue weighted by Crippen LogP contribution is -2.62. The van der Waals surface area contributed by atoms with E-state index in [1.54, 1.807) is 0 Å². The van der Waals surface area contributed by atoms with Crippen LogP contribution < -0.4 is 25.4 Å². The topological polar surface area (TPSA) is 132 Å². The highest BCUT2D eigenvalue weighted by molar-refractivity contribution is 5.98. The Labute approximate surface area is 198 Å². The first-order chi connectivity index (χ1) is 16.8. The van der Waals surface area contributed by atoms with Crippen molar-refractivity contribution in [3.8, 4) is 11.5 Å². The molecule has 2 heterocycles. The molecule has 2 aromatic rings. The first kappa shape index (κ1) is 24.1. The van der Waals surface area contributed by atoms with Crippen molar-refractivity contribution in [2.75, 3.05) is 19.9 Å². The number of ether oxygens (including phenoxy) is 2. The second-order valence-electron chi connectivity index (χ2n) is 8.09. The highest BCUT2D eigenvalue weighted by Gasteiger charge is 2.40. The highest BCUT2D eigenvalue weighted by Crippen LogP contribution is 2.38. The number of carbonyl (C=O) groups is 2. The third-order valence-electron chi connectivity index (χ3n) is 5.84. The molecule has 2 aliphatic rings. The van der Waals surface area contributed by atoms with Crippen molar-refractivity contribution in [2.45, 2.75) is 24.9 Å². The second kappa shape index (κ2) is 10.1. The standard InChI is InChI=1S/C23H22F2N4O6/c24-16-3-1-15(17(25)10-16)12-27-22(31)23(5-7-26-8-6-23)28-21(30)4-2-14-9-19-20(35-13-34-19)11-18(14)29(32)33/h1-4,9-11,26H,5-8,12-13H2,(H,27,31)(H,28,30)/b4-2+. The summed E-state index contributed by atoms with van der Waals surface area (Å²) in [6.45, 7) is 0.661. The maximum atomic E-state index is 13.9. The van der Waals surface area contributed by atoms with E-state index >= 15 is 0 Å². The quantitative estimate of drug-likeness (QED) is 0.309. The number of nitrogens with zero attached hydrogens (tertiary/aromatic N) is 1. The number of fused-ring (bicyclic) bond motifs is 1. The van der Waals surface area contributed by atoms with Gasteiger partial charge in [-0.2, -0.15) is 0 Å². The number of nitro benzene ring substituents is 1. The van der Waals surface area contributed by atoms with Crippen molar-refractivity contribution in [3.63, 3.8) is 0 Å². The number of carbonyl (C=O) groups excluding carboxylic acids is 2. The van der Waals surface area contributed by atoms with Gasteiger partial charge in [0, 0.05) is 24.3 Å². The van der Waals surface area contributed by atoms with Gasteiger partial charge in [0.05, 0.1) is 16.6 Å². The summed E-state index contributed by atoms with van der Waals surface area (Å²) >= 11 is 0. The molecule has 3 N–H and O–H groups in total. The molecule has 0 saturated carbocycles. The number of nitro groups is 1. The average Bonchev–Trinajstić information content (AvgIpc) is 3.29. The lowest BCUT2D eigenvalue weighted by atomic mass is 9.87. The Balaban J connectivity index is 1.48. The summed E-state index contributed by atoms with van der Waals surface area (Å²) in [7, 11) is 0. The van der Waals surface area contributed by atoms with Gasteiger partial charge in [-0.05, 0) is 44.1 Å². The molecule has 2 amide bonds. The van der Waals surface area contributed by atoms with Crippen LogP contribution in [0.2, 0.25) is 0 Å². The number of halogens is 2. The van der Waals surface area contributed by atoms with Gasteiger partial charge >= 0.3 is 0 Å². The van der Waals surface area contributed by atoms with Crippen molar-refractivity contribution in [1.82, 2.24) is 16.0 Å². The number of hydrogen-bond acceptors (Lipinski definition) is 7. The van der Waals surface area contributed by atoms with Crippen molar-refractivity contribution in [2.24, 2.45) is 0 Å². The molecule has 12 heteroatoms. The number of hydrogen-bond donors (Lipinski definition) is 3. The molecule has 0 atom stereocenters. The Morgan fingerprint density at radius 1 is 1.14 bits per heavy atom. The average molecular weight is 488 g/mol. The molecule has 0 bridgehead atoms. The predicted molar refractivity (Wildman–Crippen MR) is 119 cm³/mol. The molecule has 0 spiro atoms. The van der Waals surface area contributed by atoms with E-state index in [0.717, 1.165) is 18.2 Å². The predicted octanol–water partition coefficient (Wildman–Crippen LogP) is 2.17. The largest absolute Gasteiger partial charge is 0.454 e. The maximum absolute atomic E-state index is 13.9. The zero-order valence-corrected chi connectivity index (χ0v) is 18.4. The van der Waals surface area contributed by atoms with Crippen LogP contribution in [0.15, 0.2) is 36.4 Å². The number of rotatable bonds is 7. The molecule has 35 heavy (non-hydrogen) atoms. The van der Waals surface area contributed by atoms with Gasteiger partial charge in [-0.1, -0.05) is 6.07 Å². The maximum Gasteiger partial charge on any atom is 0.280 e. The van der Waals surface area contributed by atoms with E-state index in [1.807, 2.05) is 0 Å². The molecule has 4 rings (SSSR count). The summed E-state index contributed by atoms with van der Waals surface area (Å²) in [6.07, 6.45) is 2.90. The van der Waals surface area contributed by atoms with Gasteiger partial charge < -0.3 is 25.4 Å². The second-order valence-corrected chi connectivity index (χ2v) is 8.09. The molecule has 1 fully saturated rings. The van der Waals surface area contributed by atoms with Crippen LogP contribution in [0.3, 0.4) is 0 Å². The Morgan fingerprint density at radius 2 is 1.86 bits per heavy atom. The summed E-state index contributed by atoms with van der Waals surface area (Å²) < 4.78 is 37.5. The lowest BCUT2D eigenvalue weighted by Gasteiger charge is -2.36. The van der Waals surface area contributed by atoms with Gasteiger partial charge in [0.1, 0.15) is 17.2 Å². The van der Waals surface area contributed by atoms with E-state index in [-0.39, 0.29) is 48.7 Å². The van der Waals surface area contributed by atoms with Gasteiger partial charge in [-0.25, -0.2) is 8.78 Å². The third kappa shape index (κ3) is 5.38. The minimum absolute atomic E-state index is 0.0619. The molecule has 2 aliphatic heterocycles. The van der Waals surface area contributed by atoms with E-state index in [1.165, 1.54) is 24.3 Å². The van der Waals surface area contributed by atoms with E-state index in [2.05, 4.69) is 16.0 Å². The van der Waals surface area contributed by atoms with Gasteiger partial charge in [0.15, 0.2) is 11.5 Å². The molecule has 10 nitrogen and oxygen atoms in total. The smallest absolute Gasteiger partial charge is 0.280 e. The van der Waals surface area contributed by atoms with Crippen LogP contribution in [0.1, 0.15) is 24.0 Å². The van der Waals surface area contributed by atoms with Crippen molar-refractivity contribution < 1.29 is 32.8 Å². The fourth-order valence-electron chi connectivity index (χ4n) is 3.95. The van der Waals surface area contributed by atoms with Gasteiger partial charge in [-0.15, -0.1) is 0 Å². The lowest BCUT2D eigenvalue weighted by molar-refractivity contribution is -0.385. The van der Waals surface area contributed by atoms with Crippen LogP contribution in [-0.2, 0) is 16.1 Å². The molecule has 2 aromatic carbocycles. The molecule has 1 saturated heterocycles. The highest BCUT2D eigenvalue weighted by atomic mass is 19.1. The summed E-state index contributed by atoms with van der Waals surface area (Å²) in [4.78, 5) is 36.6. The first-order valence-corrected chi connectivity index (χ1v) is 10.8. The normalized spacial score (nSPS) is 16.2. The molecule has 0 radical (unpaired) electrons. The Morgan fingerprint density at radius 3 is 2.54 bits per heavy atom. The zero-order valence-electron chi connectivity index (χ0n) is 18.4. The van der Waals surface area contributed by atoms with Crippen LogP contribution in [0.4, 0.5) is 14.5 Å². The van der Waals surface area contributed by atoms with E-state index in [9.17, 15) is 28.5 Å². The first-order valence-electron chi connectivity index (χ1n) is 10.8. The fourth-order valence-corrected chi connectivity index (χ4v) is 3.95. The Kier molecular flexibility index (Phi) is 6.92. The molecular formula is C23H22F2N4O6. The summed E-state index contributed by atoms with van der Waals surface area (Å²) in [5.74, 6) is -2.12. The number of benzene rings is 2. The summed E-state index contributed by atoms with van der Waals surface area (Å²) in [5.41, 5.74) is -1.31. The zero-order chi connectivity index (χ0) is 25.0. The van der Waals surface area contributed by atoms with Gasteiger partial charge in [0.2, 0.25) is 18.6 Å². The number of nitrogens with one attached hydrogen (secondary N) is 3. The Hall–Kier alpha value is -4.06. The van der Waals surface area contributed by atoms with E-state index in [4.69, 9.17) is 9.47 Å². The fraction of sp³-hybridized carbons (Fsp3) is 0.304. The number of piperidine rings is 1. The van der Waals surface area contributed by atoms with Crippen LogP contribution in [0, 0.1) is 21.7 Å². The molecule has 0 aliphatic carbocycles. The van der Waals surface area contributed by atoms with Crippen molar-refractivity contribution in [1.29, 1.82) is 0 Å². The monoisotopic (exact) mass is 488 g/mol. The van der Waals surface area contributed by atoms with Crippen molar-refractivity contribution in [3.05, 3.63) is 69.3 Å². The van der Waals surface area contributed by atoms with Crippen LogP contribution >= 0.6 is 0 Å². The minimum Gasteiger partial charge on any atom is -0.454 e. The SMILES string of the molecule is O=C(/C=C/c1cc2c(cc1[N+](=O)[O-])OCO2)NC1(C(=O)NCc2ccc(F)cc2F)CCNCC1. The van der Waals surface area contributed by atoms with Gasteiger partial charge in [-0.3, -0.25) is 19.7 Å². The van der Waals surface area contributed by atoms with Crippen LogP contribution in [0.25, 0.3) is 6.08 Å². The molecule has 184 valence electrons. The van der Waals surface area contributed by atoms with E-state index in [0.29, 0.717) is 18.8 Å². The minimum atomic E-state index is -1.27. The Bertz CT molecular complexity index is 1200. The van der Waals surface area contributed by atoms with Crippen LogP contribution in [0.5, 0.6) is 11.5 Å². The molecule has 0 aromatic heterocycles. The summed E-state index contributed by atoms with van der Waals surface area (Å²) in [5, 5.41) is 19.8. The number of amides is 2. The third-order valence-corrected chi connectivity index (χ3v) is 5.84. The molecule has 0 unspecified atom stereocenters. The molecular weight excluding hydrogens is 466 g/mol. The summed E-state index contributed by atoms with van der Waals surface area (Å²) in [6, 6.07) is 5.67. The van der Waals surface area contributed by atoms with Gasteiger partial charge in [0.25, 0.3) is 5.69 Å². The van der Waals surface area contributed by atoms with Crippen LogP contribution in [-0.4, -0.2) is 42.2 Å².